The van der Waals surface area contributed by atoms with E-state index in [1.807, 2.05) is 25.1 Å². The Morgan fingerprint density at radius 1 is 1.03 bits per heavy atom. The molecule has 7 heteroatoms. The molecule has 0 radical (unpaired) electrons. The van der Waals surface area contributed by atoms with Crippen molar-refractivity contribution in [1.29, 1.82) is 0 Å². The molecule has 0 aliphatic carbocycles. The maximum atomic E-state index is 12.1. The topological polar surface area (TPSA) is 94.8 Å². The van der Waals surface area contributed by atoms with Gasteiger partial charge < -0.3 is 19.2 Å². The van der Waals surface area contributed by atoms with Gasteiger partial charge in [-0.3, -0.25) is 4.79 Å². The Balaban J connectivity index is 1.69. The predicted octanol–water partition coefficient (Wildman–Crippen LogP) is 3.09. The highest BCUT2D eigenvalue weighted by atomic mass is 16.6. The van der Waals surface area contributed by atoms with Gasteiger partial charge >= 0.3 is 11.6 Å². The highest BCUT2D eigenvalue weighted by molar-refractivity contribution is 5.96. The summed E-state index contributed by atoms with van der Waals surface area (Å²) >= 11 is 0. The number of hydrogen-bond acceptors (Lipinski definition) is 6. The van der Waals surface area contributed by atoms with Crippen molar-refractivity contribution in [2.24, 2.45) is 0 Å². The van der Waals surface area contributed by atoms with Crippen LogP contribution in [0.5, 0.6) is 11.5 Å². The minimum Gasteiger partial charge on any atom is -0.482 e. The molecule has 0 saturated carbocycles. The van der Waals surface area contributed by atoms with E-state index in [0.29, 0.717) is 17.7 Å². The predicted molar refractivity (Wildman–Crippen MR) is 107 cm³/mol. The first-order valence-electron chi connectivity index (χ1n) is 9.28. The smallest absolute Gasteiger partial charge is 0.349 e. The summed E-state index contributed by atoms with van der Waals surface area (Å²) in [7, 11) is 0. The number of ether oxygens (including phenoxy) is 2. The minimum absolute atomic E-state index is 0.0770. The maximum absolute atomic E-state index is 12.1. The third-order valence-corrected chi connectivity index (χ3v) is 4.18. The summed E-state index contributed by atoms with van der Waals surface area (Å²) in [6.07, 6.45) is 0.867. The first-order valence-corrected chi connectivity index (χ1v) is 9.28. The molecule has 0 unspecified atom stereocenters. The van der Waals surface area contributed by atoms with Crippen molar-refractivity contribution in [1.82, 2.24) is 5.32 Å². The van der Waals surface area contributed by atoms with Crippen LogP contribution in [0, 0.1) is 0 Å². The molecule has 0 aliphatic heterocycles. The SMILES string of the molecule is CCNC(=O)c1cc2ccc(OC(=O)COc3cccc(CC)c3)cc2oc1=O. The van der Waals surface area contributed by atoms with Crippen LogP contribution in [-0.4, -0.2) is 25.0 Å². The molecule has 0 bridgehead atoms. The molecule has 1 amide bonds. The van der Waals surface area contributed by atoms with E-state index in [0.717, 1.165) is 12.0 Å². The number of carbonyl (C=O) groups excluding carboxylic acids is 2. The Morgan fingerprint density at radius 3 is 2.62 bits per heavy atom. The van der Waals surface area contributed by atoms with Crippen molar-refractivity contribution in [2.45, 2.75) is 20.3 Å². The van der Waals surface area contributed by atoms with Crippen molar-refractivity contribution < 1.29 is 23.5 Å². The second kappa shape index (κ2) is 9.05. The number of nitrogens with one attached hydrogen (secondary N) is 1. The number of rotatable bonds is 7. The van der Waals surface area contributed by atoms with E-state index in [2.05, 4.69) is 5.32 Å². The fraction of sp³-hybridized carbons (Fsp3) is 0.227. The normalized spacial score (nSPS) is 10.6. The van der Waals surface area contributed by atoms with Crippen molar-refractivity contribution in [3.05, 3.63) is 70.1 Å². The van der Waals surface area contributed by atoms with Crippen molar-refractivity contribution in [2.75, 3.05) is 13.2 Å². The van der Waals surface area contributed by atoms with Crippen molar-refractivity contribution in [3.63, 3.8) is 0 Å². The molecule has 3 aromatic rings. The van der Waals surface area contributed by atoms with E-state index < -0.39 is 17.5 Å². The lowest BCUT2D eigenvalue weighted by atomic mass is 10.1. The van der Waals surface area contributed by atoms with E-state index in [-0.39, 0.29) is 23.5 Å². The fourth-order valence-electron chi connectivity index (χ4n) is 2.73. The largest absolute Gasteiger partial charge is 0.482 e. The van der Waals surface area contributed by atoms with Crippen LogP contribution in [0.25, 0.3) is 11.0 Å². The van der Waals surface area contributed by atoms with Crippen LogP contribution in [-0.2, 0) is 11.2 Å². The lowest BCUT2D eigenvalue weighted by Gasteiger charge is -2.08. The van der Waals surface area contributed by atoms with Gasteiger partial charge in [-0.15, -0.1) is 0 Å². The fourth-order valence-corrected chi connectivity index (χ4v) is 2.73. The standard InChI is InChI=1S/C22H21NO6/c1-3-14-6-5-7-16(10-14)27-13-20(24)28-17-9-8-15-11-18(21(25)23-4-2)22(26)29-19(15)12-17/h5-12H,3-4,13H2,1-2H3,(H,23,25). The van der Waals surface area contributed by atoms with Crippen LogP contribution < -0.4 is 20.4 Å². The van der Waals surface area contributed by atoms with Gasteiger partial charge in [0.15, 0.2) is 6.61 Å². The van der Waals surface area contributed by atoms with Crippen molar-refractivity contribution >= 4 is 22.8 Å². The van der Waals surface area contributed by atoms with Crippen LogP contribution in [0.3, 0.4) is 0 Å². The highest BCUT2D eigenvalue weighted by Gasteiger charge is 2.14. The summed E-state index contributed by atoms with van der Waals surface area (Å²) in [6.45, 7) is 3.93. The number of fused-ring (bicyclic) bond motifs is 1. The average Bonchev–Trinajstić information content (AvgIpc) is 2.72. The molecule has 0 fully saturated rings. The highest BCUT2D eigenvalue weighted by Crippen LogP contribution is 2.21. The van der Waals surface area contributed by atoms with Gasteiger partial charge in [-0.25, -0.2) is 9.59 Å². The molecule has 0 atom stereocenters. The van der Waals surface area contributed by atoms with E-state index in [9.17, 15) is 14.4 Å². The maximum Gasteiger partial charge on any atom is 0.349 e. The van der Waals surface area contributed by atoms with Crippen LogP contribution in [0.15, 0.2) is 57.7 Å². The number of aryl methyl sites for hydroxylation is 1. The van der Waals surface area contributed by atoms with Gasteiger partial charge in [0.2, 0.25) is 0 Å². The third-order valence-electron chi connectivity index (χ3n) is 4.18. The van der Waals surface area contributed by atoms with Gasteiger partial charge in [0, 0.05) is 18.0 Å². The Labute approximate surface area is 167 Å². The molecule has 1 N–H and O–H groups in total. The minimum atomic E-state index is -0.758. The van der Waals surface area contributed by atoms with Gasteiger partial charge in [-0.05, 0) is 49.2 Å². The van der Waals surface area contributed by atoms with Gasteiger partial charge in [0.25, 0.3) is 5.91 Å². The first-order chi connectivity index (χ1) is 14.0. The molecule has 150 valence electrons. The number of carbonyl (C=O) groups is 2. The summed E-state index contributed by atoms with van der Waals surface area (Å²) < 4.78 is 15.9. The van der Waals surface area contributed by atoms with E-state index in [1.165, 1.54) is 12.1 Å². The molecule has 0 aliphatic rings. The third kappa shape index (κ3) is 5.01. The van der Waals surface area contributed by atoms with Gasteiger partial charge in [0.1, 0.15) is 22.6 Å². The second-order valence-corrected chi connectivity index (χ2v) is 6.27. The van der Waals surface area contributed by atoms with Gasteiger partial charge in [-0.2, -0.15) is 0 Å². The van der Waals surface area contributed by atoms with Crippen LogP contribution >= 0.6 is 0 Å². The molecule has 1 aromatic heterocycles. The number of hydrogen-bond donors (Lipinski definition) is 1. The monoisotopic (exact) mass is 395 g/mol. The van der Waals surface area contributed by atoms with Crippen molar-refractivity contribution in [3.8, 4) is 11.5 Å². The summed E-state index contributed by atoms with van der Waals surface area (Å²) in [4.78, 5) is 36.0. The molecule has 0 spiro atoms. The number of benzene rings is 2. The number of amides is 1. The van der Waals surface area contributed by atoms with E-state index in [1.54, 1.807) is 25.1 Å². The zero-order chi connectivity index (χ0) is 20.8. The Morgan fingerprint density at radius 2 is 1.86 bits per heavy atom. The van der Waals surface area contributed by atoms with E-state index >= 15 is 0 Å². The van der Waals surface area contributed by atoms with E-state index in [4.69, 9.17) is 13.9 Å². The van der Waals surface area contributed by atoms with Crippen LogP contribution in [0.2, 0.25) is 0 Å². The van der Waals surface area contributed by atoms with Crippen LogP contribution in [0.1, 0.15) is 29.8 Å². The van der Waals surface area contributed by atoms with Crippen LogP contribution in [0.4, 0.5) is 0 Å². The molecule has 1 heterocycles. The molecular formula is C22H21NO6. The summed E-state index contributed by atoms with van der Waals surface area (Å²) in [5, 5.41) is 3.10. The zero-order valence-electron chi connectivity index (χ0n) is 16.2. The molecular weight excluding hydrogens is 374 g/mol. The summed E-state index contributed by atoms with van der Waals surface area (Å²) in [5.41, 5.74) is 0.482. The Bertz CT molecular complexity index is 1100. The second-order valence-electron chi connectivity index (χ2n) is 6.27. The molecule has 2 aromatic carbocycles. The average molecular weight is 395 g/mol. The van der Waals surface area contributed by atoms with Gasteiger partial charge in [0.05, 0.1) is 0 Å². The molecule has 3 rings (SSSR count). The Hall–Kier alpha value is -3.61. The summed E-state index contributed by atoms with van der Waals surface area (Å²) in [5.74, 6) is -0.290. The Kier molecular flexibility index (Phi) is 6.29. The first kappa shape index (κ1) is 20.1. The molecule has 0 saturated heterocycles. The lowest BCUT2D eigenvalue weighted by Crippen LogP contribution is -2.27. The number of esters is 1. The van der Waals surface area contributed by atoms with Gasteiger partial charge in [-0.1, -0.05) is 19.1 Å². The molecule has 29 heavy (non-hydrogen) atoms. The lowest BCUT2D eigenvalue weighted by molar-refractivity contribution is -0.136. The molecule has 7 nitrogen and oxygen atoms in total. The zero-order valence-corrected chi connectivity index (χ0v) is 16.2. The quantitative estimate of drug-likeness (QED) is 0.375. The summed E-state index contributed by atoms with van der Waals surface area (Å²) in [6, 6.07) is 13.5.